The summed E-state index contributed by atoms with van der Waals surface area (Å²) in [6.07, 6.45) is 0.633. The summed E-state index contributed by atoms with van der Waals surface area (Å²) in [6, 6.07) is 18.1. The molecule has 3 aromatic rings. The van der Waals surface area contributed by atoms with Crippen molar-refractivity contribution < 1.29 is 17.9 Å². The van der Waals surface area contributed by atoms with E-state index >= 15 is 0 Å². The van der Waals surface area contributed by atoms with Crippen molar-refractivity contribution in [2.75, 3.05) is 6.54 Å². The number of carbonyl (C=O) groups is 1. The maximum Gasteiger partial charge on any atom is 0.345 e. The Morgan fingerprint density at radius 1 is 0.933 bits per heavy atom. The Bertz CT molecular complexity index is 1210. The van der Waals surface area contributed by atoms with E-state index in [0.29, 0.717) is 18.0 Å². The molecule has 154 valence electrons. The van der Waals surface area contributed by atoms with Gasteiger partial charge >= 0.3 is 5.97 Å². The minimum absolute atomic E-state index is 0.00524. The van der Waals surface area contributed by atoms with Gasteiger partial charge in [0.1, 0.15) is 5.75 Å². The molecule has 1 aliphatic heterocycles. The van der Waals surface area contributed by atoms with Gasteiger partial charge in [-0.25, -0.2) is 13.2 Å². The van der Waals surface area contributed by atoms with Crippen molar-refractivity contribution in [3.8, 4) is 5.75 Å². The van der Waals surface area contributed by atoms with Gasteiger partial charge in [-0.3, -0.25) is 0 Å². The van der Waals surface area contributed by atoms with E-state index in [1.54, 1.807) is 24.3 Å². The zero-order chi connectivity index (χ0) is 21.3. The van der Waals surface area contributed by atoms with Crippen LogP contribution in [0.5, 0.6) is 5.75 Å². The van der Waals surface area contributed by atoms with Gasteiger partial charge in [-0.05, 0) is 60.0 Å². The highest BCUT2D eigenvalue weighted by Gasteiger charge is 2.29. The number of ether oxygens (including phenoxy) is 1. The lowest BCUT2D eigenvalue weighted by Gasteiger charge is -2.28. The fourth-order valence-corrected chi connectivity index (χ4v) is 5.08. The molecule has 0 amide bonds. The fourth-order valence-electron chi connectivity index (χ4n) is 3.31. The molecule has 5 nitrogen and oxygen atoms in total. The van der Waals surface area contributed by atoms with Crippen LogP contribution in [0, 0.1) is 0 Å². The van der Waals surface area contributed by atoms with E-state index in [2.05, 4.69) is 0 Å². The molecule has 0 unspecified atom stereocenters. The van der Waals surface area contributed by atoms with E-state index in [4.69, 9.17) is 27.9 Å². The first-order valence-corrected chi connectivity index (χ1v) is 11.4. The third-order valence-electron chi connectivity index (χ3n) is 4.92. The first-order chi connectivity index (χ1) is 14.3. The summed E-state index contributed by atoms with van der Waals surface area (Å²) < 4.78 is 33.1. The molecule has 30 heavy (non-hydrogen) atoms. The van der Waals surface area contributed by atoms with Crippen LogP contribution in [0.4, 0.5) is 0 Å². The number of hydrogen-bond donors (Lipinski definition) is 0. The first-order valence-electron chi connectivity index (χ1n) is 9.19. The predicted molar refractivity (Wildman–Crippen MR) is 116 cm³/mol. The van der Waals surface area contributed by atoms with Crippen LogP contribution in [0.25, 0.3) is 0 Å². The summed E-state index contributed by atoms with van der Waals surface area (Å²) in [5.74, 6) is -0.468. The van der Waals surface area contributed by atoms with Crippen LogP contribution in [-0.4, -0.2) is 25.2 Å². The van der Waals surface area contributed by atoms with Gasteiger partial charge in [-0.15, -0.1) is 0 Å². The lowest BCUT2D eigenvalue weighted by molar-refractivity contribution is 0.0734. The van der Waals surface area contributed by atoms with Gasteiger partial charge < -0.3 is 4.74 Å². The molecular formula is C22H17Cl2NO4S. The largest absolute Gasteiger partial charge is 0.423 e. The molecule has 4 rings (SSSR count). The standard InChI is InChI=1S/C22H17Cl2NO4S/c23-17-5-7-18(8-6-17)29-22(26)20-13-19(9-10-21(20)24)30(27,28)25-12-11-15-3-1-2-4-16(15)14-25/h1-10,13H,11-12,14H2. The summed E-state index contributed by atoms with van der Waals surface area (Å²) in [4.78, 5) is 12.6. The highest BCUT2D eigenvalue weighted by Crippen LogP contribution is 2.28. The zero-order valence-electron chi connectivity index (χ0n) is 15.7. The van der Waals surface area contributed by atoms with Gasteiger partial charge in [0.25, 0.3) is 0 Å². The van der Waals surface area contributed by atoms with Gasteiger partial charge in [-0.1, -0.05) is 47.5 Å². The van der Waals surface area contributed by atoms with Crippen molar-refractivity contribution in [2.45, 2.75) is 17.9 Å². The zero-order valence-corrected chi connectivity index (χ0v) is 18.0. The molecule has 0 N–H and O–H groups in total. The number of halogens is 2. The van der Waals surface area contributed by atoms with Gasteiger partial charge in [-0.2, -0.15) is 4.31 Å². The number of sulfonamides is 1. The summed E-state index contributed by atoms with van der Waals surface area (Å²) >= 11 is 12.0. The van der Waals surface area contributed by atoms with E-state index in [-0.39, 0.29) is 27.8 Å². The molecular weight excluding hydrogens is 445 g/mol. The van der Waals surface area contributed by atoms with Crippen LogP contribution < -0.4 is 4.74 Å². The Hall–Kier alpha value is -2.38. The van der Waals surface area contributed by atoms with Gasteiger partial charge in [0.2, 0.25) is 10.0 Å². The molecule has 0 fully saturated rings. The minimum atomic E-state index is -3.81. The summed E-state index contributed by atoms with van der Waals surface area (Å²) in [6.45, 7) is 0.651. The van der Waals surface area contributed by atoms with Crippen LogP contribution in [0.15, 0.2) is 71.6 Å². The molecule has 0 atom stereocenters. The van der Waals surface area contributed by atoms with E-state index < -0.39 is 16.0 Å². The Balaban J connectivity index is 1.60. The van der Waals surface area contributed by atoms with E-state index in [9.17, 15) is 13.2 Å². The number of rotatable bonds is 4. The number of benzene rings is 3. The molecule has 0 spiro atoms. The number of fused-ring (bicyclic) bond motifs is 1. The van der Waals surface area contributed by atoms with Gasteiger partial charge in [0.05, 0.1) is 15.5 Å². The molecule has 0 radical (unpaired) electrons. The van der Waals surface area contributed by atoms with Crippen molar-refractivity contribution in [3.05, 3.63) is 93.5 Å². The predicted octanol–water partition coefficient (Wildman–Crippen LogP) is 4.96. The Morgan fingerprint density at radius 3 is 2.37 bits per heavy atom. The van der Waals surface area contributed by atoms with Crippen molar-refractivity contribution in [3.63, 3.8) is 0 Å². The fraction of sp³-hybridized carbons (Fsp3) is 0.136. The maximum atomic E-state index is 13.2. The normalized spacial score (nSPS) is 14.2. The van der Waals surface area contributed by atoms with Crippen molar-refractivity contribution in [1.82, 2.24) is 4.31 Å². The van der Waals surface area contributed by atoms with Gasteiger partial charge in [0, 0.05) is 18.1 Å². The third-order valence-corrected chi connectivity index (χ3v) is 7.34. The lowest BCUT2D eigenvalue weighted by atomic mass is 10.0. The van der Waals surface area contributed by atoms with Crippen LogP contribution in [-0.2, 0) is 23.0 Å². The molecule has 8 heteroatoms. The molecule has 0 aromatic heterocycles. The molecule has 0 saturated heterocycles. The Morgan fingerprint density at radius 2 is 1.63 bits per heavy atom. The van der Waals surface area contributed by atoms with Crippen LogP contribution >= 0.6 is 23.2 Å². The molecule has 0 saturated carbocycles. The average Bonchev–Trinajstić information content (AvgIpc) is 2.75. The molecule has 0 bridgehead atoms. The van der Waals surface area contributed by atoms with E-state index in [1.165, 1.54) is 22.5 Å². The number of carbonyl (C=O) groups excluding carboxylic acids is 1. The second-order valence-electron chi connectivity index (χ2n) is 6.84. The molecule has 1 aliphatic rings. The Kier molecular flexibility index (Phi) is 5.84. The van der Waals surface area contributed by atoms with Crippen LogP contribution in [0.1, 0.15) is 21.5 Å². The number of nitrogens with zero attached hydrogens (tertiary/aromatic N) is 1. The average molecular weight is 462 g/mol. The van der Waals surface area contributed by atoms with Gasteiger partial charge in [0.15, 0.2) is 0 Å². The van der Waals surface area contributed by atoms with Crippen LogP contribution in [0.3, 0.4) is 0 Å². The van der Waals surface area contributed by atoms with E-state index in [0.717, 1.165) is 11.1 Å². The van der Waals surface area contributed by atoms with Crippen molar-refractivity contribution in [1.29, 1.82) is 0 Å². The quantitative estimate of drug-likeness (QED) is 0.406. The second-order valence-corrected chi connectivity index (χ2v) is 9.62. The smallest absolute Gasteiger partial charge is 0.345 e. The maximum absolute atomic E-state index is 13.2. The molecule has 1 heterocycles. The number of esters is 1. The summed E-state index contributed by atoms with van der Waals surface area (Å²) in [5, 5.41) is 0.612. The topological polar surface area (TPSA) is 63.7 Å². The van der Waals surface area contributed by atoms with Crippen molar-refractivity contribution in [2.24, 2.45) is 0 Å². The Labute approximate surface area is 184 Å². The highest BCUT2D eigenvalue weighted by molar-refractivity contribution is 7.89. The van der Waals surface area contributed by atoms with Crippen LogP contribution in [0.2, 0.25) is 10.0 Å². The number of hydrogen-bond acceptors (Lipinski definition) is 4. The second kappa shape index (κ2) is 8.40. The van der Waals surface area contributed by atoms with Crippen molar-refractivity contribution >= 4 is 39.2 Å². The lowest BCUT2D eigenvalue weighted by Crippen LogP contribution is -2.36. The minimum Gasteiger partial charge on any atom is -0.423 e. The highest BCUT2D eigenvalue weighted by atomic mass is 35.5. The molecule has 3 aromatic carbocycles. The SMILES string of the molecule is O=C(Oc1ccc(Cl)cc1)c1cc(S(=O)(=O)N2CCc3ccccc3C2)ccc1Cl. The first kappa shape index (κ1) is 20.9. The summed E-state index contributed by atoms with van der Waals surface area (Å²) in [7, 11) is -3.81. The van der Waals surface area contributed by atoms with E-state index in [1.807, 2.05) is 24.3 Å². The summed E-state index contributed by atoms with van der Waals surface area (Å²) in [5.41, 5.74) is 2.10. The third kappa shape index (κ3) is 4.23. The monoisotopic (exact) mass is 461 g/mol. The molecule has 0 aliphatic carbocycles.